The molecule has 0 saturated carbocycles. The summed E-state index contributed by atoms with van der Waals surface area (Å²) < 4.78 is 34.8. The highest BCUT2D eigenvalue weighted by Gasteiger charge is 2.54. The summed E-state index contributed by atoms with van der Waals surface area (Å²) in [7, 11) is 1.34. The van der Waals surface area contributed by atoms with Crippen LogP contribution >= 0.6 is 0 Å². The van der Waals surface area contributed by atoms with Gasteiger partial charge in [-0.1, -0.05) is 12.1 Å². The van der Waals surface area contributed by atoms with Crippen LogP contribution in [0.15, 0.2) is 34.7 Å². The highest BCUT2D eigenvalue weighted by atomic mass is 16.7. The fourth-order valence-electron chi connectivity index (χ4n) is 8.49. The Kier molecular flexibility index (Phi) is 8.92. The van der Waals surface area contributed by atoms with Gasteiger partial charge in [-0.05, 0) is 26.0 Å². The Morgan fingerprint density at radius 3 is 2.53 bits per heavy atom. The second-order valence-corrected chi connectivity index (χ2v) is 14.3. The topological polar surface area (TPSA) is 238 Å². The van der Waals surface area contributed by atoms with Gasteiger partial charge in [0.15, 0.2) is 24.5 Å². The van der Waals surface area contributed by atoms with Crippen molar-refractivity contribution in [2.75, 3.05) is 26.7 Å². The van der Waals surface area contributed by atoms with E-state index >= 15 is 0 Å². The maximum Gasteiger partial charge on any atom is 0.433 e. The van der Waals surface area contributed by atoms with Crippen LogP contribution in [0.1, 0.15) is 81.5 Å². The number of amides is 1. The smallest absolute Gasteiger partial charge is 0.433 e. The molecule has 18 heteroatoms. The van der Waals surface area contributed by atoms with E-state index < -0.39 is 99.7 Å². The average Bonchev–Trinajstić information content (AvgIpc) is 3.79. The quantitative estimate of drug-likeness (QED) is 0.139. The number of phenolic OH excluding ortho intramolecular Hbond substituents is 2. The molecular weight excluding hydrogens is 726 g/mol. The van der Waals surface area contributed by atoms with Gasteiger partial charge in [0.05, 0.1) is 48.6 Å². The Balaban J connectivity index is 1.03. The van der Waals surface area contributed by atoms with E-state index in [4.69, 9.17) is 28.1 Å². The zero-order valence-corrected chi connectivity index (χ0v) is 29.9. The third kappa shape index (κ3) is 5.91. The molecule has 3 aromatic rings. The number of carbonyl (C=O) groups is 4. The minimum absolute atomic E-state index is 0.0342. The number of Topliss-reactive ketones (excluding diaryl/α,β-unsaturated/α-hetero) is 1. The van der Waals surface area contributed by atoms with Crippen molar-refractivity contribution in [2.45, 2.75) is 82.2 Å². The number of rotatable bonds is 7. The number of ketones is 3. The van der Waals surface area contributed by atoms with Crippen LogP contribution in [-0.2, 0) is 36.8 Å². The maximum atomic E-state index is 14.0. The number of fused-ring (bicyclic) bond motifs is 6. The van der Waals surface area contributed by atoms with Crippen LogP contribution in [0.5, 0.6) is 17.2 Å². The SMILES string of the molecule is COc1cccc2c1C(=O)c1c(O)c3c(c(O)c1C2=O)C[C@@](O)(C(C)=O)C[C@@H]3O[C@@H]1CC2C(OC3CN(C(=O)OCc4ccc([N+](=O)[O-])o4)CCN32)[C@H](C)O1. The number of carbonyl (C=O) groups excluding carboxylic acids is 4. The lowest BCUT2D eigenvalue weighted by Gasteiger charge is -2.43. The molecule has 3 aliphatic heterocycles. The van der Waals surface area contributed by atoms with Gasteiger partial charge in [-0.3, -0.25) is 29.4 Å². The van der Waals surface area contributed by atoms with Crippen molar-refractivity contribution in [3.63, 3.8) is 0 Å². The normalized spacial score (nSPS) is 28.4. The average molecular weight is 764 g/mol. The van der Waals surface area contributed by atoms with Crippen LogP contribution in [0, 0.1) is 10.1 Å². The lowest BCUT2D eigenvalue weighted by Crippen LogP contribution is -2.57. The standard InChI is InChI=1S/C37H37N3O15/c1-16-35-21(39-10-9-38(14-25(39)55-35)36(46)51-15-18-7-8-24(53-18)40(48)49)11-26(52-16)54-23-13-37(47,17(2)41)12-20-28(23)34(45)30-29(32(20)43)31(42)19-5-4-6-22(50-3)27(19)33(30)44/h4-8,16,21,23,25-26,35,43,45,47H,9-15H2,1-3H3/t16-,21?,23-,25?,26+,35?,37-/m0/s1. The molecule has 2 aromatic carbocycles. The number of aliphatic hydroxyl groups is 1. The fourth-order valence-corrected chi connectivity index (χ4v) is 8.49. The van der Waals surface area contributed by atoms with Crippen molar-refractivity contribution in [1.29, 1.82) is 0 Å². The molecule has 3 saturated heterocycles. The molecule has 1 amide bonds. The lowest BCUT2D eigenvalue weighted by molar-refractivity contribution is -0.402. The molecule has 55 heavy (non-hydrogen) atoms. The van der Waals surface area contributed by atoms with Gasteiger partial charge in [-0.15, -0.1) is 0 Å². The number of hydrogen-bond acceptors (Lipinski definition) is 16. The van der Waals surface area contributed by atoms with Crippen molar-refractivity contribution in [2.24, 2.45) is 0 Å². The van der Waals surface area contributed by atoms with E-state index in [2.05, 4.69) is 4.90 Å². The third-order valence-electron chi connectivity index (χ3n) is 11.2. The number of methoxy groups -OCH3 is 1. The van der Waals surface area contributed by atoms with Crippen LogP contribution in [0.25, 0.3) is 0 Å². The van der Waals surface area contributed by atoms with Gasteiger partial charge in [0.1, 0.15) is 45.9 Å². The molecule has 290 valence electrons. The first-order chi connectivity index (χ1) is 26.2. The van der Waals surface area contributed by atoms with Gasteiger partial charge in [0, 0.05) is 55.1 Å². The number of nitro groups is 1. The molecule has 0 spiro atoms. The number of furan rings is 1. The first-order valence-electron chi connectivity index (χ1n) is 17.7. The van der Waals surface area contributed by atoms with Gasteiger partial charge < -0.3 is 48.3 Å². The molecule has 3 fully saturated rings. The van der Waals surface area contributed by atoms with Crippen molar-refractivity contribution < 1.29 is 67.5 Å². The van der Waals surface area contributed by atoms with E-state index in [9.17, 15) is 44.6 Å². The summed E-state index contributed by atoms with van der Waals surface area (Å²) in [6, 6.07) is 6.70. The van der Waals surface area contributed by atoms with E-state index in [-0.39, 0.29) is 72.3 Å². The second kappa shape index (κ2) is 13.4. The Labute approximate surface area is 312 Å². The second-order valence-electron chi connectivity index (χ2n) is 14.3. The first-order valence-corrected chi connectivity index (χ1v) is 17.7. The number of nitrogens with zero attached hydrogens (tertiary/aromatic N) is 3. The van der Waals surface area contributed by atoms with Crippen LogP contribution in [0.2, 0.25) is 0 Å². The van der Waals surface area contributed by atoms with Gasteiger partial charge in [0.2, 0.25) is 5.78 Å². The van der Waals surface area contributed by atoms with E-state index in [1.807, 2.05) is 0 Å². The third-order valence-corrected chi connectivity index (χ3v) is 11.2. The number of benzene rings is 2. The molecular formula is C37H37N3O15. The minimum atomic E-state index is -2.06. The predicted molar refractivity (Wildman–Crippen MR) is 183 cm³/mol. The maximum absolute atomic E-state index is 14.0. The van der Waals surface area contributed by atoms with Gasteiger partial charge in [0.25, 0.3) is 0 Å². The summed E-state index contributed by atoms with van der Waals surface area (Å²) in [6.45, 7) is 3.51. The highest BCUT2D eigenvalue weighted by molar-refractivity contribution is 6.31. The zero-order valence-electron chi connectivity index (χ0n) is 29.9. The van der Waals surface area contributed by atoms with Crippen molar-refractivity contribution in [3.8, 4) is 17.2 Å². The Hall–Kier alpha value is -5.40. The minimum Gasteiger partial charge on any atom is -0.507 e. The molecule has 0 bridgehead atoms. The molecule has 1 aromatic heterocycles. The van der Waals surface area contributed by atoms with Crippen LogP contribution in [0.3, 0.4) is 0 Å². The number of ether oxygens (including phenoxy) is 5. The van der Waals surface area contributed by atoms with Crippen LogP contribution in [0.4, 0.5) is 10.7 Å². The van der Waals surface area contributed by atoms with E-state index in [0.29, 0.717) is 6.54 Å². The summed E-state index contributed by atoms with van der Waals surface area (Å²) in [6.07, 6.45) is -4.98. The Morgan fingerprint density at radius 2 is 1.82 bits per heavy atom. The van der Waals surface area contributed by atoms with Gasteiger partial charge >= 0.3 is 12.0 Å². The zero-order chi connectivity index (χ0) is 39.1. The van der Waals surface area contributed by atoms with Crippen LogP contribution < -0.4 is 4.74 Å². The highest BCUT2D eigenvalue weighted by Crippen LogP contribution is 2.53. The summed E-state index contributed by atoms with van der Waals surface area (Å²) in [4.78, 5) is 67.3. The fraction of sp³-hybridized carbons (Fsp3) is 0.459. The van der Waals surface area contributed by atoms with Gasteiger partial charge in [-0.2, -0.15) is 0 Å². The molecule has 18 nitrogen and oxygen atoms in total. The molecule has 3 N–H and O–H groups in total. The van der Waals surface area contributed by atoms with Crippen molar-refractivity contribution in [1.82, 2.24) is 9.80 Å². The number of hydrogen-bond donors (Lipinski definition) is 3. The number of phenols is 2. The van der Waals surface area contributed by atoms with Crippen molar-refractivity contribution in [3.05, 3.63) is 79.6 Å². The molecule has 5 aliphatic rings. The largest absolute Gasteiger partial charge is 0.507 e. The van der Waals surface area contributed by atoms with Gasteiger partial charge in [-0.25, -0.2) is 4.79 Å². The Morgan fingerprint density at radius 1 is 1.05 bits per heavy atom. The van der Waals surface area contributed by atoms with E-state index in [1.54, 1.807) is 6.92 Å². The molecule has 3 unspecified atom stereocenters. The van der Waals surface area contributed by atoms with Crippen molar-refractivity contribution >= 4 is 29.3 Å². The molecule has 4 heterocycles. The lowest BCUT2D eigenvalue weighted by atomic mass is 9.72. The number of piperazine rings is 1. The van der Waals surface area contributed by atoms with E-state index in [0.717, 1.165) is 0 Å². The molecule has 8 rings (SSSR count). The summed E-state index contributed by atoms with van der Waals surface area (Å²) in [5.41, 5.74) is -3.19. The summed E-state index contributed by atoms with van der Waals surface area (Å²) in [5, 5.41) is 45.9. The number of aromatic hydroxyl groups is 2. The summed E-state index contributed by atoms with van der Waals surface area (Å²) >= 11 is 0. The summed E-state index contributed by atoms with van der Waals surface area (Å²) in [5.74, 6) is -3.62. The van der Waals surface area contributed by atoms with E-state index in [1.165, 1.54) is 49.3 Å². The first kappa shape index (κ1) is 36.6. The van der Waals surface area contributed by atoms with Crippen LogP contribution in [-0.4, -0.2) is 117 Å². The molecule has 7 atom stereocenters. The predicted octanol–water partition coefficient (Wildman–Crippen LogP) is 2.89. The Bertz CT molecular complexity index is 2150. The monoisotopic (exact) mass is 763 g/mol. The molecule has 0 radical (unpaired) electrons. The molecule has 2 aliphatic carbocycles.